The second-order valence-electron chi connectivity index (χ2n) is 5.39. The van der Waals surface area contributed by atoms with Gasteiger partial charge in [0.1, 0.15) is 0 Å². The number of amides is 1. The van der Waals surface area contributed by atoms with Crippen LogP contribution in [0.1, 0.15) is 54.4 Å². The van der Waals surface area contributed by atoms with Gasteiger partial charge in [-0.05, 0) is 37.5 Å². The summed E-state index contributed by atoms with van der Waals surface area (Å²) in [7, 11) is 1.67. The molecule has 1 aliphatic carbocycles. The van der Waals surface area contributed by atoms with E-state index < -0.39 is 0 Å². The van der Waals surface area contributed by atoms with Crippen LogP contribution in [-0.2, 0) is 0 Å². The first-order valence-electron chi connectivity index (χ1n) is 7.30. The monoisotopic (exact) mass is 260 g/mol. The first kappa shape index (κ1) is 13.9. The Hall–Kier alpha value is -1.51. The Balaban J connectivity index is 2.13. The number of anilines is 1. The zero-order valence-electron chi connectivity index (χ0n) is 12.0. The normalized spacial score (nSPS) is 16.7. The second kappa shape index (κ2) is 6.60. The molecule has 0 atom stereocenters. The van der Waals surface area contributed by atoms with Crippen molar-refractivity contribution in [1.29, 1.82) is 0 Å². The third kappa shape index (κ3) is 3.49. The molecule has 1 aliphatic rings. The summed E-state index contributed by atoms with van der Waals surface area (Å²) in [4.78, 5) is 11.8. The molecule has 1 saturated carbocycles. The molecule has 0 bridgehead atoms. The van der Waals surface area contributed by atoms with Gasteiger partial charge in [0.15, 0.2) is 0 Å². The van der Waals surface area contributed by atoms with Gasteiger partial charge in [-0.1, -0.05) is 31.7 Å². The van der Waals surface area contributed by atoms with Crippen LogP contribution in [0, 0.1) is 6.92 Å². The van der Waals surface area contributed by atoms with Crippen molar-refractivity contribution in [1.82, 2.24) is 5.32 Å². The van der Waals surface area contributed by atoms with Crippen LogP contribution in [0.15, 0.2) is 18.2 Å². The highest BCUT2D eigenvalue weighted by Gasteiger charge is 2.15. The van der Waals surface area contributed by atoms with Crippen molar-refractivity contribution in [2.75, 3.05) is 12.4 Å². The van der Waals surface area contributed by atoms with Crippen molar-refractivity contribution in [2.45, 2.75) is 51.5 Å². The third-order valence-corrected chi connectivity index (χ3v) is 4.02. The summed E-state index contributed by atoms with van der Waals surface area (Å²) in [5.74, 6) is -0.0120. The van der Waals surface area contributed by atoms with Crippen molar-refractivity contribution in [3.05, 3.63) is 29.3 Å². The molecule has 3 nitrogen and oxygen atoms in total. The summed E-state index contributed by atoms with van der Waals surface area (Å²) in [6.45, 7) is 2.02. The molecule has 2 rings (SSSR count). The van der Waals surface area contributed by atoms with Crippen LogP contribution in [0.25, 0.3) is 0 Å². The lowest BCUT2D eigenvalue weighted by Crippen LogP contribution is -2.22. The average Bonchev–Trinajstić information content (AvgIpc) is 2.69. The molecule has 1 amide bonds. The number of rotatable bonds is 3. The Kier molecular flexibility index (Phi) is 4.83. The van der Waals surface area contributed by atoms with Crippen LogP contribution in [0.4, 0.5) is 5.69 Å². The summed E-state index contributed by atoms with van der Waals surface area (Å²) < 4.78 is 0. The minimum Gasteiger partial charge on any atom is -0.382 e. The molecule has 0 aliphatic heterocycles. The van der Waals surface area contributed by atoms with E-state index in [1.165, 1.54) is 38.5 Å². The van der Waals surface area contributed by atoms with Gasteiger partial charge in [0.25, 0.3) is 5.91 Å². The SMILES string of the molecule is CNC(=O)c1cccc(NC2CCCCCC2)c1C. The number of carbonyl (C=O) groups excluding carboxylic acids is 1. The van der Waals surface area contributed by atoms with E-state index in [4.69, 9.17) is 0 Å². The fraction of sp³-hybridized carbons (Fsp3) is 0.562. The summed E-state index contributed by atoms with van der Waals surface area (Å²) in [5, 5.41) is 6.32. The molecule has 0 heterocycles. The third-order valence-electron chi connectivity index (χ3n) is 4.02. The topological polar surface area (TPSA) is 41.1 Å². The molecular formula is C16H24N2O. The van der Waals surface area contributed by atoms with E-state index >= 15 is 0 Å². The highest BCUT2D eigenvalue weighted by Crippen LogP contribution is 2.24. The lowest BCUT2D eigenvalue weighted by Gasteiger charge is -2.20. The first-order chi connectivity index (χ1) is 9.22. The Bertz CT molecular complexity index is 434. The Labute approximate surface area is 115 Å². The maximum absolute atomic E-state index is 11.8. The molecular weight excluding hydrogens is 236 g/mol. The van der Waals surface area contributed by atoms with Crippen LogP contribution in [-0.4, -0.2) is 19.0 Å². The van der Waals surface area contributed by atoms with Gasteiger partial charge >= 0.3 is 0 Å². The molecule has 1 aromatic carbocycles. The molecule has 0 unspecified atom stereocenters. The van der Waals surface area contributed by atoms with Gasteiger partial charge in [-0.15, -0.1) is 0 Å². The number of hydrogen-bond acceptors (Lipinski definition) is 2. The maximum atomic E-state index is 11.8. The van der Waals surface area contributed by atoms with Crippen LogP contribution >= 0.6 is 0 Å². The van der Waals surface area contributed by atoms with Crippen LogP contribution in [0.2, 0.25) is 0 Å². The fourth-order valence-electron chi connectivity index (χ4n) is 2.82. The molecule has 0 spiro atoms. The molecule has 2 N–H and O–H groups in total. The average molecular weight is 260 g/mol. The van der Waals surface area contributed by atoms with E-state index in [2.05, 4.69) is 16.7 Å². The van der Waals surface area contributed by atoms with E-state index in [1.807, 2.05) is 19.1 Å². The smallest absolute Gasteiger partial charge is 0.251 e. The van der Waals surface area contributed by atoms with E-state index in [1.54, 1.807) is 7.05 Å². The molecule has 19 heavy (non-hydrogen) atoms. The number of carbonyl (C=O) groups is 1. The van der Waals surface area contributed by atoms with Crippen LogP contribution in [0.3, 0.4) is 0 Å². The van der Waals surface area contributed by atoms with Crippen molar-refractivity contribution >= 4 is 11.6 Å². The van der Waals surface area contributed by atoms with E-state index in [0.29, 0.717) is 6.04 Å². The summed E-state index contributed by atoms with van der Waals surface area (Å²) >= 11 is 0. The van der Waals surface area contributed by atoms with Gasteiger partial charge in [0.2, 0.25) is 0 Å². The van der Waals surface area contributed by atoms with Crippen molar-refractivity contribution in [2.24, 2.45) is 0 Å². The lowest BCUT2D eigenvalue weighted by molar-refractivity contribution is 0.0962. The highest BCUT2D eigenvalue weighted by atomic mass is 16.1. The van der Waals surface area contributed by atoms with Crippen molar-refractivity contribution in [3.8, 4) is 0 Å². The fourth-order valence-corrected chi connectivity index (χ4v) is 2.82. The minimum absolute atomic E-state index is 0.0120. The lowest BCUT2D eigenvalue weighted by atomic mass is 10.0. The summed E-state index contributed by atoms with van der Waals surface area (Å²) in [6.07, 6.45) is 7.82. The number of nitrogens with one attached hydrogen (secondary N) is 2. The molecule has 0 saturated heterocycles. The second-order valence-corrected chi connectivity index (χ2v) is 5.39. The van der Waals surface area contributed by atoms with E-state index in [0.717, 1.165) is 16.8 Å². The Morgan fingerprint density at radius 1 is 1.16 bits per heavy atom. The molecule has 104 valence electrons. The number of benzene rings is 1. The van der Waals surface area contributed by atoms with Gasteiger partial charge < -0.3 is 10.6 Å². The number of hydrogen-bond donors (Lipinski definition) is 2. The Morgan fingerprint density at radius 2 is 1.84 bits per heavy atom. The van der Waals surface area contributed by atoms with Crippen LogP contribution in [0.5, 0.6) is 0 Å². The molecule has 1 aromatic rings. The van der Waals surface area contributed by atoms with Gasteiger partial charge in [0.05, 0.1) is 0 Å². The zero-order chi connectivity index (χ0) is 13.7. The molecule has 0 aromatic heterocycles. The first-order valence-corrected chi connectivity index (χ1v) is 7.30. The van der Waals surface area contributed by atoms with Gasteiger partial charge in [-0.3, -0.25) is 4.79 Å². The van der Waals surface area contributed by atoms with Crippen molar-refractivity contribution in [3.63, 3.8) is 0 Å². The zero-order valence-corrected chi connectivity index (χ0v) is 12.0. The summed E-state index contributed by atoms with van der Waals surface area (Å²) in [6, 6.07) is 6.47. The van der Waals surface area contributed by atoms with Crippen molar-refractivity contribution < 1.29 is 4.79 Å². The van der Waals surface area contributed by atoms with Gasteiger partial charge in [-0.2, -0.15) is 0 Å². The minimum atomic E-state index is -0.0120. The predicted molar refractivity (Wildman–Crippen MR) is 79.7 cm³/mol. The van der Waals surface area contributed by atoms with Crippen LogP contribution < -0.4 is 10.6 Å². The Morgan fingerprint density at radius 3 is 2.47 bits per heavy atom. The van der Waals surface area contributed by atoms with E-state index in [-0.39, 0.29) is 5.91 Å². The molecule has 3 heteroatoms. The quantitative estimate of drug-likeness (QED) is 0.817. The van der Waals surface area contributed by atoms with E-state index in [9.17, 15) is 4.79 Å². The molecule has 0 radical (unpaired) electrons. The highest BCUT2D eigenvalue weighted by molar-refractivity contribution is 5.96. The predicted octanol–water partition coefficient (Wildman–Crippen LogP) is 3.49. The standard InChI is InChI=1S/C16H24N2O/c1-12-14(16(19)17-2)10-7-11-15(12)18-13-8-5-3-4-6-9-13/h7,10-11,13,18H,3-6,8-9H2,1-2H3,(H,17,19). The summed E-state index contributed by atoms with van der Waals surface area (Å²) in [5.41, 5.74) is 2.92. The largest absolute Gasteiger partial charge is 0.382 e. The maximum Gasteiger partial charge on any atom is 0.251 e. The molecule has 1 fully saturated rings. The van der Waals surface area contributed by atoms with Gasteiger partial charge in [-0.25, -0.2) is 0 Å². The van der Waals surface area contributed by atoms with Gasteiger partial charge in [0, 0.05) is 24.3 Å².